The van der Waals surface area contributed by atoms with Crippen molar-refractivity contribution >= 4 is 41.5 Å². The number of piperazine rings is 1. The molecule has 19 heavy (non-hydrogen) atoms. The largest absolute Gasteiger partial charge is 0.497 e. The van der Waals surface area contributed by atoms with Crippen LogP contribution in [0.5, 0.6) is 5.75 Å². The highest BCUT2D eigenvalue weighted by Crippen LogP contribution is 2.32. The van der Waals surface area contributed by atoms with Gasteiger partial charge in [-0.25, -0.2) is 0 Å². The van der Waals surface area contributed by atoms with Crippen molar-refractivity contribution in [2.75, 3.05) is 38.2 Å². The fourth-order valence-corrected chi connectivity index (χ4v) is 2.29. The quantitative estimate of drug-likeness (QED) is 0.926. The molecule has 0 spiro atoms. The summed E-state index contributed by atoms with van der Waals surface area (Å²) in [7, 11) is 1.70. The molecule has 1 aromatic heterocycles. The van der Waals surface area contributed by atoms with E-state index in [0.29, 0.717) is 0 Å². The lowest BCUT2D eigenvalue weighted by Crippen LogP contribution is -2.43. The number of nitrogens with one attached hydrogen (secondary N) is 1. The van der Waals surface area contributed by atoms with Crippen LogP contribution in [0.2, 0.25) is 0 Å². The van der Waals surface area contributed by atoms with Crippen molar-refractivity contribution in [3.05, 3.63) is 24.5 Å². The van der Waals surface area contributed by atoms with Gasteiger partial charge in [0.1, 0.15) is 5.75 Å². The highest BCUT2D eigenvalue weighted by atomic mass is 35.5. The van der Waals surface area contributed by atoms with Gasteiger partial charge in [0.25, 0.3) is 0 Å². The molecule has 1 aromatic carbocycles. The molecule has 0 amide bonds. The zero-order chi connectivity index (χ0) is 11.7. The van der Waals surface area contributed by atoms with Crippen molar-refractivity contribution in [2.24, 2.45) is 0 Å². The molecule has 0 aliphatic carbocycles. The molecule has 1 aliphatic heterocycles. The zero-order valence-corrected chi connectivity index (χ0v) is 12.4. The van der Waals surface area contributed by atoms with Gasteiger partial charge in [-0.1, -0.05) is 0 Å². The van der Waals surface area contributed by atoms with E-state index in [1.807, 2.05) is 12.1 Å². The highest BCUT2D eigenvalue weighted by Gasteiger charge is 2.16. The first-order valence-electron chi connectivity index (χ1n) is 5.89. The zero-order valence-electron chi connectivity index (χ0n) is 10.7. The predicted molar refractivity (Wildman–Crippen MR) is 82.3 cm³/mol. The Hall–Kier alpha value is -1.10. The van der Waals surface area contributed by atoms with Crippen LogP contribution < -0.4 is 15.0 Å². The van der Waals surface area contributed by atoms with Gasteiger partial charge in [-0.15, -0.1) is 24.8 Å². The Kier molecular flexibility index (Phi) is 5.79. The van der Waals surface area contributed by atoms with Crippen LogP contribution in [-0.4, -0.2) is 33.3 Å². The van der Waals surface area contributed by atoms with Crippen LogP contribution >= 0.6 is 24.8 Å². The molecule has 1 N–H and O–H groups in total. The average Bonchev–Trinajstić information content (AvgIpc) is 2.86. The van der Waals surface area contributed by atoms with E-state index in [2.05, 4.69) is 16.3 Å². The molecule has 0 saturated carbocycles. The summed E-state index contributed by atoms with van der Waals surface area (Å²) in [6.45, 7) is 4.03. The van der Waals surface area contributed by atoms with Crippen LogP contribution in [-0.2, 0) is 0 Å². The Morgan fingerprint density at radius 3 is 2.63 bits per heavy atom. The van der Waals surface area contributed by atoms with Crippen molar-refractivity contribution in [1.82, 2.24) is 5.32 Å². The molecule has 3 rings (SSSR count). The number of nitrogens with zero attached hydrogens (tertiary/aromatic N) is 1. The maximum Gasteiger partial charge on any atom is 0.157 e. The standard InChI is InChI=1S/C13H16N2O2.2ClH/c1-16-11-8-10-2-7-17-13(10)12(9-11)15-5-3-14-4-6-15;;/h2,7-9,14H,3-6H2,1H3;2*1H. The second-order valence-corrected chi connectivity index (χ2v) is 4.22. The average molecular weight is 305 g/mol. The minimum absolute atomic E-state index is 0. The third-order valence-electron chi connectivity index (χ3n) is 3.20. The summed E-state index contributed by atoms with van der Waals surface area (Å²) in [6.07, 6.45) is 1.73. The number of rotatable bonds is 2. The summed E-state index contributed by atoms with van der Waals surface area (Å²) in [5.41, 5.74) is 2.08. The fraction of sp³-hybridized carbons (Fsp3) is 0.385. The van der Waals surface area contributed by atoms with E-state index in [0.717, 1.165) is 48.6 Å². The van der Waals surface area contributed by atoms with Gasteiger partial charge in [-0.3, -0.25) is 0 Å². The first kappa shape index (κ1) is 16.0. The number of fused-ring (bicyclic) bond motifs is 1. The Balaban J connectivity index is 0.000000902. The minimum Gasteiger partial charge on any atom is -0.497 e. The van der Waals surface area contributed by atoms with E-state index in [-0.39, 0.29) is 24.8 Å². The van der Waals surface area contributed by atoms with Crippen LogP contribution in [0.3, 0.4) is 0 Å². The fourth-order valence-electron chi connectivity index (χ4n) is 2.29. The lowest BCUT2D eigenvalue weighted by Gasteiger charge is -2.29. The Bertz CT molecular complexity index is 524. The van der Waals surface area contributed by atoms with Crippen LogP contribution in [0.1, 0.15) is 0 Å². The van der Waals surface area contributed by atoms with Gasteiger partial charge in [0.15, 0.2) is 5.58 Å². The molecule has 6 heteroatoms. The van der Waals surface area contributed by atoms with Crippen LogP contribution in [0.15, 0.2) is 28.9 Å². The predicted octanol–water partition coefficient (Wildman–Crippen LogP) is 2.69. The number of methoxy groups -OCH3 is 1. The van der Waals surface area contributed by atoms with Crippen molar-refractivity contribution in [2.45, 2.75) is 0 Å². The summed E-state index contributed by atoms with van der Waals surface area (Å²) in [5.74, 6) is 0.882. The van der Waals surface area contributed by atoms with Gasteiger partial charge in [0.05, 0.1) is 19.1 Å². The number of ether oxygens (including phenoxy) is 1. The third-order valence-corrected chi connectivity index (χ3v) is 3.20. The SMILES string of the molecule is COc1cc(N2CCNCC2)c2occc2c1.Cl.Cl. The molecule has 1 aliphatic rings. The van der Waals surface area contributed by atoms with Crippen LogP contribution in [0, 0.1) is 0 Å². The summed E-state index contributed by atoms with van der Waals surface area (Å²) in [5, 5.41) is 4.45. The maximum atomic E-state index is 5.58. The lowest BCUT2D eigenvalue weighted by molar-refractivity contribution is 0.415. The second kappa shape index (κ2) is 6.89. The number of benzene rings is 1. The Labute approximate surface area is 124 Å². The summed E-state index contributed by atoms with van der Waals surface area (Å²) in [4.78, 5) is 2.34. The first-order valence-corrected chi connectivity index (χ1v) is 5.89. The minimum atomic E-state index is 0. The van der Waals surface area contributed by atoms with Crippen molar-refractivity contribution in [1.29, 1.82) is 0 Å². The molecule has 0 unspecified atom stereocenters. The molecule has 2 aromatic rings. The topological polar surface area (TPSA) is 37.6 Å². The number of hydrogen-bond donors (Lipinski definition) is 1. The molecule has 0 atom stereocenters. The molecule has 1 saturated heterocycles. The van der Waals surface area contributed by atoms with E-state index in [1.165, 1.54) is 0 Å². The van der Waals surface area contributed by atoms with Gasteiger partial charge >= 0.3 is 0 Å². The van der Waals surface area contributed by atoms with Crippen LogP contribution in [0.4, 0.5) is 5.69 Å². The number of hydrogen-bond acceptors (Lipinski definition) is 4. The van der Waals surface area contributed by atoms with Gasteiger partial charge < -0.3 is 19.4 Å². The summed E-state index contributed by atoms with van der Waals surface area (Å²) < 4.78 is 10.9. The number of anilines is 1. The van der Waals surface area contributed by atoms with Crippen LogP contribution in [0.25, 0.3) is 11.0 Å². The normalized spacial score (nSPS) is 14.7. The van der Waals surface area contributed by atoms with Gasteiger partial charge in [0, 0.05) is 37.6 Å². The van der Waals surface area contributed by atoms with E-state index >= 15 is 0 Å². The third kappa shape index (κ3) is 3.08. The Morgan fingerprint density at radius 2 is 1.95 bits per heavy atom. The van der Waals surface area contributed by atoms with Crippen molar-refractivity contribution in [3.63, 3.8) is 0 Å². The number of furan rings is 1. The highest BCUT2D eigenvalue weighted by molar-refractivity contribution is 5.91. The molecule has 0 bridgehead atoms. The van der Waals surface area contributed by atoms with Crippen molar-refractivity contribution < 1.29 is 9.15 Å². The molecule has 4 nitrogen and oxygen atoms in total. The van der Waals surface area contributed by atoms with Gasteiger partial charge in [-0.2, -0.15) is 0 Å². The van der Waals surface area contributed by atoms with E-state index in [9.17, 15) is 0 Å². The van der Waals surface area contributed by atoms with Gasteiger partial charge in [0.2, 0.25) is 0 Å². The monoisotopic (exact) mass is 304 g/mol. The van der Waals surface area contributed by atoms with E-state index in [4.69, 9.17) is 9.15 Å². The molecule has 0 radical (unpaired) electrons. The summed E-state index contributed by atoms with van der Waals surface area (Å²) in [6, 6.07) is 6.03. The molecular formula is C13H18Cl2N2O2. The smallest absolute Gasteiger partial charge is 0.157 e. The molecular weight excluding hydrogens is 287 g/mol. The summed E-state index contributed by atoms with van der Waals surface area (Å²) >= 11 is 0. The first-order chi connectivity index (χ1) is 8.38. The maximum absolute atomic E-state index is 5.58. The molecule has 2 heterocycles. The Morgan fingerprint density at radius 1 is 1.21 bits per heavy atom. The van der Waals surface area contributed by atoms with E-state index in [1.54, 1.807) is 13.4 Å². The van der Waals surface area contributed by atoms with Crippen molar-refractivity contribution in [3.8, 4) is 5.75 Å². The van der Waals surface area contributed by atoms with E-state index < -0.39 is 0 Å². The second-order valence-electron chi connectivity index (χ2n) is 4.22. The van der Waals surface area contributed by atoms with Gasteiger partial charge in [-0.05, 0) is 12.1 Å². The lowest BCUT2D eigenvalue weighted by atomic mass is 10.2. The molecule has 1 fully saturated rings. The number of halogens is 2. The molecule has 106 valence electrons.